The fourth-order valence-electron chi connectivity index (χ4n) is 1.43. The highest BCUT2D eigenvalue weighted by Crippen LogP contribution is 2.20. The molecule has 0 fully saturated rings. The van der Waals surface area contributed by atoms with Crippen LogP contribution in [0.3, 0.4) is 0 Å². The lowest BCUT2D eigenvalue weighted by Crippen LogP contribution is -2.15. The van der Waals surface area contributed by atoms with Gasteiger partial charge in [-0.1, -0.05) is 13.5 Å². The number of benzene rings is 1. The van der Waals surface area contributed by atoms with Crippen molar-refractivity contribution in [3.8, 4) is 5.75 Å². The molecule has 0 amide bonds. The van der Waals surface area contributed by atoms with Gasteiger partial charge in [0.05, 0.1) is 0 Å². The van der Waals surface area contributed by atoms with Crippen molar-refractivity contribution < 1.29 is 9.13 Å². The smallest absolute Gasteiger partial charge is 0.124 e. The lowest BCUT2D eigenvalue weighted by atomic mass is 10.2. The first-order valence-electron chi connectivity index (χ1n) is 5.89. The molecule has 0 bridgehead atoms. The van der Waals surface area contributed by atoms with Crippen LogP contribution in [0.25, 0.3) is 0 Å². The maximum atomic E-state index is 13.2. The maximum Gasteiger partial charge on any atom is 0.124 e. The van der Waals surface area contributed by atoms with E-state index in [1.165, 1.54) is 12.1 Å². The molecule has 0 aromatic heterocycles. The summed E-state index contributed by atoms with van der Waals surface area (Å²) in [7, 11) is 0. The predicted molar refractivity (Wildman–Crippen MR) is 68.7 cm³/mol. The summed E-state index contributed by atoms with van der Waals surface area (Å²) >= 11 is 0. The molecule has 0 saturated heterocycles. The van der Waals surface area contributed by atoms with E-state index < -0.39 is 0 Å². The average Bonchev–Trinajstić information content (AvgIpc) is 2.28. The van der Waals surface area contributed by atoms with Crippen molar-refractivity contribution in [1.29, 1.82) is 0 Å². The van der Waals surface area contributed by atoms with Gasteiger partial charge in [-0.05, 0) is 43.7 Å². The number of ether oxygens (including phenoxy) is 1. The van der Waals surface area contributed by atoms with Crippen molar-refractivity contribution >= 4 is 0 Å². The summed E-state index contributed by atoms with van der Waals surface area (Å²) in [5.74, 6) is 0.485. The fourth-order valence-corrected chi connectivity index (χ4v) is 1.43. The number of halogens is 1. The van der Waals surface area contributed by atoms with Crippen LogP contribution in [0.5, 0.6) is 5.75 Å². The summed E-state index contributed by atoms with van der Waals surface area (Å²) in [5, 5.41) is 3.24. The standard InChI is InChI=1S/C14H20FNO/c1-4-7-16-9-12-8-13(15)5-6-14(12)17-10-11(2)3/h5-6,8,16H,2,4,7,9-10H2,1,3H3. The van der Waals surface area contributed by atoms with Crippen molar-refractivity contribution in [2.75, 3.05) is 13.2 Å². The van der Waals surface area contributed by atoms with Crippen LogP contribution in [0, 0.1) is 5.82 Å². The molecule has 2 nitrogen and oxygen atoms in total. The SMILES string of the molecule is C=C(C)COc1ccc(F)cc1CNCCC. The Kier molecular flexibility index (Phi) is 5.70. The van der Waals surface area contributed by atoms with Crippen LogP contribution in [-0.2, 0) is 6.54 Å². The van der Waals surface area contributed by atoms with E-state index in [1.807, 2.05) is 6.92 Å². The van der Waals surface area contributed by atoms with E-state index in [0.29, 0.717) is 13.2 Å². The minimum Gasteiger partial charge on any atom is -0.489 e. The highest BCUT2D eigenvalue weighted by Gasteiger charge is 2.05. The van der Waals surface area contributed by atoms with Gasteiger partial charge in [-0.25, -0.2) is 4.39 Å². The van der Waals surface area contributed by atoms with E-state index in [1.54, 1.807) is 6.07 Å². The molecule has 1 rings (SSSR count). The van der Waals surface area contributed by atoms with E-state index in [9.17, 15) is 4.39 Å². The van der Waals surface area contributed by atoms with Crippen LogP contribution < -0.4 is 10.1 Å². The van der Waals surface area contributed by atoms with Crippen LogP contribution in [-0.4, -0.2) is 13.2 Å². The van der Waals surface area contributed by atoms with Crippen LogP contribution in [0.1, 0.15) is 25.8 Å². The van der Waals surface area contributed by atoms with Crippen molar-refractivity contribution in [1.82, 2.24) is 5.32 Å². The van der Waals surface area contributed by atoms with Crippen LogP contribution in [0.2, 0.25) is 0 Å². The van der Waals surface area contributed by atoms with Crippen molar-refractivity contribution in [3.63, 3.8) is 0 Å². The zero-order chi connectivity index (χ0) is 12.7. The highest BCUT2D eigenvalue weighted by molar-refractivity contribution is 5.34. The van der Waals surface area contributed by atoms with Gasteiger partial charge in [0.25, 0.3) is 0 Å². The van der Waals surface area contributed by atoms with Crippen molar-refractivity contribution in [2.24, 2.45) is 0 Å². The summed E-state index contributed by atoms with van der Waals surface area (Å²) in [6, 6.07) is 4.59. The second-order valence-corrected chi connectivity index (χ2v) is 4.17. The van der Waals surface area contributed by atoms with Gasteiger partial charge in [0.2, 0.25) is 0 Å². The lowest BCUT2D eigenvalue weighted by Gasteiger charge is -2.12. The molecular weight excluding hydrogens is 217 g/mol. The molecule has 0 aliphatic carbocycles. The summed E-state index contributed by atoms with van der Waals surface area (Å²) in [5.41, 5.74) is 1.79. The molecule has 0 aliphatic rings. The van der Waals surface area contributed by atoms with Gasteiger partial charge in [0.1, 0.15) is 18.2 Å². The van der Waals surface area contributed by atoms with Gasteiger partial charge in [-0.15, -0.1) is 0 Å². The summed E-state index contributed by atoms with van der Waals surface area (Å²) in [4.78, 5) is 0. The third kappa shape index (κ3) is 5.00. The Balaban J connectivity index is 2.69. The molecule has 94 valence electrons. The second kappa shape index (κ2) is 7.07. The van der Waals surface area contributed by atoms with Crippen LogP contribution >= 0.6 is 0 Å². The number of nitrogens with one attached hydrogen (secondary N) is 1. The van der Waals surface area contributed by atoms with Gasteiger partial charge in [0.15, 0.2) is 0 Å². The zero-order valence-corrected chi connectivity index (χ0v) is 10.6. The molecule has 0 radical (unpaired) electrons. The monoisotopic (exact) mass is 237 g/mol. The van der Waals surface area contributed by atoms with Gasteiger partial charge in [-0.3, -0.25) is 0 Å². The normalized spacial score (nSPS) is 10.3. The Hall–Kier alpha value is -1.35. The molecule has 17 heavy (non-hydrogen) atoms. The Morgan fingerprint density at radius 2 is 2.24 bits per heavy atom. The predicted octanol–water partition coefficient (Wildman–Crippen LogP) is 3.28. The van der Waals surface area contributed by atoms with Crippen LogP contribution in [0.4, 0.5) is 4.39 Å². The minimum absolute atomic E-state index is 0.235. The van der Waals surface area contributed by atoms with Crippen molar-refractivity contribution in [2.45, 2.75) is 26.8 Å². The van der Waals surface area contributed by atoms with E-state index in [-0.39, 0.29) is 5.82 Å². The molecule has 3 heteroatoms. The van der Waals surface area contributed by atoms with Gasteiger partial charge < -0.3 is 10.1 Å². The largest absolute Gasteiger partial charge is 0.489 e. The van der Waals surface area contributed by atoms with Crippen LogP contribution in [0.15, 0.2) is 30.4 Å². The minimum atomic E-state index is -0.235. The van der Waals surface area contributed by atoms with E-state index in [4.69, 9.17) is 4.74 Å². The first kappa shape index (κ1) is 13.7. The third-order valence-corrected chi connectivity index (χ3v) is 2.24. The molecule has 1 N–H and O–H groups in total. The Morgan fingerprint density at radius 1 is 1.47 bits per heavy atom. The number of hydrogen-bond acceptors (Lipinski definition) is 2. The van der Waals surface area contributed by atoms with Gasteiger partial charge in [0, 0.05) is 12.1 Å². The summed E-state index contributed by atoms with van der Waals surface area (Å²) in [6.45, 7) is 9.77. The number of hydrogen-bond donors (Lipinski definition) is 1. The molecule has 0 aliphatic heterocycles. The molecule has 1 aromatic rings. The third-order valence-electron chi connectivity index (χ3n) is 2.24. The molecule has 0 spiro atoms. The topological polar surface area (TPSA) is 21.3 Å². The molecule has 0 atom stereocenters. The molecule has 0 heterocycles. The Morgan fingerprint density at radius 3 is 2.88 bits per heavy atom. The second-order valence-electron chi connectivity index (χ2n) is 4.17. The van der Waals surface area contributed by atoms with E-state index in [0.717, 1.165) is 29.9 Å². The molecular formula is C14H20FNO. The Bertz CT molecular complexity index is 376. The first-order valence-corrected chi connectivity index (χ1v) is 5.89. The fraction of sp³-hybridized carbons (Fsp3) is 0.429. The zero-order valence-electron chi connectivity index (χ0n) is 10.6. The molecule has 0 unspecified atom stereocenters. The molecule has 0 saturated carbocycles. The summed E-state index contributed by atoms with van der Waals surface area (Å²) < 4.78 is 18.7. The van der Waals surface area contributed by atoms with Gasteiger partial charge in [-0.2, -0.15) is 0 Å². The quantitative estimate of drug-likeness (QED) is 0.580. The van der Waals surface area contributed by atoms with Crippen molar-refractivity contribution in [3.05, 3.63) is 41.7 Å². The maximum absolute atomic E-state index is 13.2. The summed E-state index contributed by atoms with van der Waals surface area (Å²) in [6.07, 6.45) is 1.05. The average molecular weight is 237 g/mol. The van der Waals surface area contributed by atoms with E-state index in [2.05, 4.69) is 18.8 Å². The molecule has 1 aromatic carbocycles. The number of rotatable bonds is 7. The first-order chi connectivity index (χ1) is 8.13. The lowest BCUT2D eigenvalue weighted by molar-refractivity contribution is 0.347. The Labute approximate surface area is 102 Å². The highest BCUT2D eigenvalue weighted by atomic mass is 19.1. The van der Waals surface area contributed by atoms with Gasteiger partial charge >= 0.3 is 0 Å². The van der Waals surface area contributed by atoms with E-state index >= 15 is 0 Å².